The molecule has 1 aliphatic heterocycles. The third-order valence-electron chi connectivity index (χ3n) is 3.99. The largest absolute Gasteiger partial charge is 0.394 e. The van der Waals surface area contributed by atoms with Crippen molar-refractivity contribution in [3.8, 4) is 0 Å². The molecule has 0 aliphatic carbocycles. The lowest BCUT2D eigenvalue weighted by atomic mass is 10.1. The van der Waals surface area contributed by atoms with Gasteiger partial charge in [0, 0.05) is 6.54 Å². The van der Waals surface area contributed by atoms with Gasteiger partial charge in [0.15, 0.2) is 27.9 Å². The van der Waals surface area contributed by atoms with Gasteiger partial charge in [0.05, 0.1) is 6.61 Å². The third-order valence-corrected chi connectivity index (χ3v) is 4.54. The highest BCUT2D eigenvalue weighted by Crippen LogP contribution is 2.35. The second kappa shape index (κ2) is 7.34. The number of ether oxygens (including phenoxy) is 1. The van der Waals surface area contributed by atoms with Gasteiger partial charge in [0.2, 0.25) is 0 Å². The summed E-state index contributed by atoms with van der Waals surface area (Å²) < 4.78 is 7.49. The lowest BCUT2D eigenvalue weighted by Crippen LogP contribution is -2.33. The molecule has 25 heavy (non-hydrogen) atoms. The number of nitrogens with one attached hydrogen (secondary N) is 1. The van der Waals surface area contributed by atoms with E-state index in [2.05, 4.69) is 36.2 Å². The molecule has 2 aromatic rings. The van der Waals surface area contributed by atoms with Gasteiger partial charge in [-0.3, -0.25) is 4.57 Å². The van der Waals surface area contributed by atoms with Crippen LogP contribution >= 0.6 is 15.9 Å². The van der Waals surface area contributed by atoms with Crippen LogP contribution in [0.3, 0.4) is 0 Å². The van der Waals surface area contributed by atoms with E-state index in [-0.39, 0.29) is 0 Å². The van der Waals surface area contributed by atoms with Gasteiger partial charge in [-0.2, -0.15) is 0 Å². The molecule has 0 bridgehead atoms. The average Bonchev–Trinajstić information content (AvgIpc) is 3.05. The topological polar surface area (TPSA) is 126 Å². The zero-order chi connectivity index (χ0) is 18.1. The van der Waals surface area contributed by atoms with Crippen LogP contribution in [-0.4, -0.2) is 66.3 Å². The maximum absolute atomic E-state index is 10.3. The van der Waals surface area contributed by atoms with Crippen LogP contribution in [0.15, 0.2) is 22.7 Å². The molecule has 0 amide bonds. The van der Waals surface area contributed by atoms with Gasteiger partial charge < -0.3 is 25.4 Å². The van der Waals surface area contributed by atoms with E-state index in [1.54, 1.807) is 0 Å². The van der Waals surface area contributed by atoms with Gasteiger partial charge in [0.1, 0.15) is 24.6 Å². The number of nitrogens with zero attached hydrogens (tertiary/aromatic N) is 4. The van der Waals surface area contributed by atoms with E-state index in [9.17, 15) is 15.3 Å². The summed E-state index contributed by atoms with van der Waals surface area (Å²) in [5, 5.41) is 32.7. The second-order valence-corrected chi connectivity index (χ2v) is 6.75. The number of fused-ring (bicyclic) bond motifs is 1. The molecule has 4 N–H and O–H groups in total. The molecule has 10 heteroatoms. The fourth-order valence-corrected chi connectivity index (χ4v) is 3.23. The first kappa shape index (κ1) is 18.2. The number of anilines is 1. The second-order valence-electron chi connectivity index (χ2n) is 6.04. The molecule has 3 heterocycles. The van der Waals surface area contributed by atoms with Crippen molar-refractivity contribution >= 4 is 32.9 Å². The van der Waals surface area contributed by atoms with Gasteiger partial charge in [-0.1, -0.05) is 11.6 Å². The summed E-state index contributed by atoms with van der Waals surface area (Å²) in [6.07, 6.45) is -0.807. The molecule has 0 spiro atoms. The van der Waals surface area contributed by atoms with Crippen LogP contribution in [0.25, 0.3) is 11.2 Å². The Hall–Kier alpha value is -1.59. The molecule has 4 atom stereocenters. The number of aliphatic hydroxyl groups excluding tert-OH is 3. The third kappa shape index (κ3) is 3.40. The molecule has 0 saturated carbocycles. The van der Waals surface area contributed by atoms with Crippen molar-refractivity contribution < 1.29 is 20.1 Å². The molecule has 3 rings (SSSR count). The van der Waals surface area contributed by atoms with E-state index in [0.717, 1.165) is 0 Å². The first-order valence-corrected chi connectivity index (χ1v) is 8.61. The lowest BCUT2D eigenvalue weighted by Gasteiger charge is -2.17. The number of rotatable bonds is 5. The number of hydrogen-bond acceptors (Lipinski definition) is 8. The normalized spacial score (nSPS) is 26.2. The molecule has 1 saturated heterocycles. The van der Waals surface area contributed by atoms with E-state index < -0.39 is 31.1 Å². The predicted molar refractivity (Wildman–Crippen MR) is 94.0 cm³/mol. The Morgan fingerprint density at radius 2 is 2.12 bits per heavy atom. The molecule has 1 fully saturated rings. The number of hydrogen-bond donors (Lipinski definition) is 4. The molecule has 0 aromatic carbocycles. The fourth-order valence-electron chi connectivity index (χ4n) is 2.68. The van der Waals surface area contributed by atoms with Crippen LogP contribution in [0.1, 0.15) is 20.1 Å². The average molecular weight is 414 g/mol. The van der Waals surface area contributed by atoms with Crippen LogP contribution in [0.5, 0.6) is 0 Å². The number of imidazole rings is 1. The quantitative estimate of drug-likeness (QED) is 0.414. The van der Waals surface area contributed by atoms with Gasteiger partial charge in [-0.05, 0) is 29.8 Å². The standard InChI is InChI=1S/C15H20BrN5O4/c1-7(2)3-4-17-12-9-13(19-6-18-12)21(15(16)20-9)14-11(24)10(23)8(5-22)25-14/h3,6,8,10-11,14,22-24H,4-5H2,1-2H3,(H,17,18,19)/t8-,10-,11-,14-/m1/s1. The summed E-state index contributed by atoms with van der Waals surface area (Å²) in [5.74, 6) is 0.550. The van der Waals surface area contributed by atoms with Crippen molar-refractivity contribution in [2.24, 2.45) is 0 Å². The minimum Gasteiger partial charge on any atom is -0.394 e. The Balaban J connectivity index is 1.98. The van der Waals surface area contributed by atoms with E-state index >= 15 is 0 Å². The highest BCUT2D eigenvalue weighted by Gasteiger charge is 2.44. The van der Waals surface area contributed by atoms with Crippen LogP contribution in [0, 0.1) is 0 Å². The van der Waals surface area contributed by atoms with E-state index in [4.69, 9.17) is 4.74 Å². The monoisotopic (exact) mass is 413 g/mol. The zero-order valence-electron chi connectivity index (χ0n) is 13.8. The molecule has 0 radical (unpaired) electrons. The van der Waals surface area contributed by atoms with Gasteiger partial charge >= 0.3 is 0 Å². The maximum Gasteiger partial charge on any atom is 0.181 e. The summed E-state index contributed by atoms with van der Waals surface area (Å²) in [6.45, 7) is 4.20. The van der Waals surface area contributed by atoms with Crippen molar-refractivity contribution in [3.63, 3.8) is 0 Å². The number of allylic oxidation sites excluding steroid dienone is 1. The molecule has 1 aliphatic rings. The maximum atomic E-state index is 10.3. The summed E-state index contributed by atoms with van der Waals surface area (Å²) in [5.41, 5.74) is 2.13. The summed E-state index contributed by atoms with van der Waals surface area (Å²) in [4.78, 5) is 12.8. The Morgan fingerprint density at radius 1 is 1.36 bits per heavy atom. The van der Waals surface area contributed by atoms with Gasteiger partial charge in [-0.25, -0.2) is 15.0 Å². The Labute approximate surface area is 152 Å². The summed E-state index contributed by atoms with van der Waals surface area (Å²) >= 11 is 3.34. The highest BCUT2D eigenvalue weighted by atomic mass is 79.9. The Bertz CT molecular complexity index is 792. The number of aliphatic hydroxyl groups is 3. The van der Waals surface area contributed by atoms with E-state index in [1.165, 1.54) is 16.5 Å². The van der Waals surface area contributed by atoms with Crippen LogP contribution < -0.4 is 5.32 Å². The van der Waals surface area contributed by atoms with Crippen molar-refractivity contribution in [3.05, 3.63) is 22.7 Å². The number of halogens is 1. The van der Waals surface area contributed by atoms with E-state index in [1.807, 2.05) is 19.9 Å². The van der Waals surface area contributed by atoms with Crippen LogP contribution in [0.2, 0.25) is 0 Å². The molecule has 2 aromatic heterocycles. The first-order valence-electron chi connectivity index (χ1n) is 7.82. The summed E-state index contributed by atoms with van der Waals surface area (Å²) in [7, 11) is 0. The Morgan fingerprint density at radius 3 is 2.76 bits per heavy atom. The summed E-state index contributed by atoms with van der Waals surface area (Å²) in [6, 6.07) is 0. The van der Waals surface area contributed by atoms with Crippen molar-refractivity contribution in [1.82, 2.24) is 19.5 Å². The van der Waals surface area contributed by atoms with Crippen molar-refractivity contribution in [2.75, 3.05) is 18.5 Å². The van der Waals surface area contributed by atoms with Crippen molar-refractivity contribution in [2.45, 2.75) is 38.4 Å². The van der Waals surface area contributed by atoms with E-state index in [0.29, 0.717) is 28.3 Å². The number of aromatic nitrogens is 4. The lowest BCUT2D eigenvalue weighted by molar-refractivity contribution is -0.0521. The molecule has 9 nitrogen and oxygen atoms in total. The molecule has 0 unspecified atom stereocenters. The SMILES string of the molecule is CC(C)=CCNc1ncnc2c1nc(Br)n2[C@@H]1O[C@H](CO)[C@@H](O)[C@H]1O. The molecular weight excluding hydrogens is 394 g/mol. The van der Waals surface area contributed by atoms with Crippen LogP contribution in [0.4, 0.5) is 5.82 Å². The van der Waals surface area contributed by atoms with Crippen LogP contribution in [-0.2, 0) is 4.74 Å². The first-order chi connectivity index (χ1) is 11.9. The Kier molecular flexibility index (Phi) is 5.35. The predicted octanol–water partition coefficient (Wildman–Crippen LogP) is 0.578. The molecular formula is C15H20BrN5O4. The highest BCUT2D eigenvalue weighted by molar-refractivity contribution is 9.10. The minimum absolute atomic E-state index is 0.378. The smallest absolute Gasteiger partial charge is 0.181 e. The van der Waals surface area contributed by atoms with Gasteiger partial charge in [-0.15, -0.1) is 0 Å². The van der Waals surface area contributed by atoms with Crippen molar-refractivity contribution in [1.29, 1.82) is 0 Å². The zero-order valence-corrected chi connectivity index (χ0v) is 15.4. The minimum atomic E-state index is -1.22. The molecule has 136 valence electrons. The van der Waals surface area contributed by atoms with Gasteiger partial charge in [0.25, 0.3) is 0 Å². The fraction of sp³-hybridized carbons (Fsp3) is 0.533.